The second-order valence-corrected chi connectivity index (χ2v) is 13.5. The van der Waals surface area contributed by atoms with Gasteiger partial charge in [0.2, 0.25) is 0 Å². The van der Waals surface area contributed by atoms with E-state index in [1.165, 1.54) is 32.1 Å². The van der Waals surface area contributed by atoms with Gasteiger partial charge in [-0.1, -0.05) is 6.92 Å². The van der Waals surface area contributed by atoms with Gasteiger partial charge in [0.15, 0.2) is 6.79 Å². The van der Waals surface area contributed by atoms with Crippen molar-refractivity contribution >= 4 is 11.9 Å². The molecule has 0 radical (unpaired) electrons. The van der Waals surface area contributed by atoms with Crippen LogP contribution in [0.15, 0.2) is 0 Å². The summed E-state index contributed by atoms with van der Waals surface area (Å²) in [4.78, 5) is 24.6. The van der Waals surface area contributed by atoms with Gasteiger partial charge in [-0.15, -0.1) is 0 Å². The van der Waals surface area contributed by atoms with E-state index in [4.69, 9.17) is 14.2 Å². The number of halogens is 2. The molecule has 0 aromatic rings. The number of carbonyl (C=O) groups is 2. The van der Waals surface area contributed by atoms with Gasteiger partial charge in [0.1, 0.15) is 5.60 Å². The van der Waals surface area contributed by atoms with Gasteiger partial charge in [0.25, 0.3) is 0 Å². The van der Waals surface area contributed by atoms with Crippen LogP contribution in [0.1, 0.15) is 84.5 Å². The molecule has 5 nitrogen and oxygen atoms in total. The summed E-state index contributed by atoms with van der Waals surface area (Å²) in [5.41, 5.74) is -0.505. The molecule has 0 N–H and O–H groups in total. The third kappa shape index (κ3) is 4.31. The minimum Gasteiger partial charge on any atom is -0.455 e. The number of carbonyl (C=O) groups excluding carboxylic acids is 2. The van der Waals surface area contributed by atoms with Crippen molar-refractivity contribution in [1.29, 1.82) is 0 Å². The first-order valence-corrected chi connectivity index (χ1v) is 13.9. The van der Waals surface area contributed by atoms with E-state index < -0.39 is 17.5 Å². The molecule has 0 heterocycles. The van der Waals surface area contributed by atoms with Crippen LogP contribution in [0.25, 0.3) is 0 Å². The minimum atomic E-state index is -3.47. The quantitative estimate of drug-likeness (QED) is 0.244. The fourth-order valence-corrected chi connectivity index (χ4v) is 10.1. The first-order chi connectivity index (χ1) is 16.5. The lowest BCUT2D eigenvalue weighted by atomic mass is 9.46. The highest BCUT2D eigenvalue weighted by molar-refractivity contribution is 5.77. The minimum absolute atomic E-state index is 0.0190. The molecule has 8 saturated carbocycles. The lowest BCUT2D eigenvalue weighted by molar-refractivity contribution is -0.216. The molecule has 8 bridgehead atoms. The Balaban J connectivity index is 0.992. The summed E-state index contributed by atoms with van der Waals surface area (Å²) in [6.45, 7) is 3.71. The molecular weight excluding hydrogens is 454 g/mol. The lowest BCUT2D eigenvalue weighted by Gasteiger charge is -2.60. The number of ether oxygens (including phenoxy) is 3. The van der Waals surface area contributed by atoms with Gasteiger partial charge in [-0.3, -0.25) is 4.79 Å². The van der Waals surface area contributed by atoms with Crippen LogP contribution in [0.5, 0.6) is 0 Å². The van der Waals surface area contributed by atoms with Crippen molar-refractivity contribution in [3.05, 3.63) is 0 Å². The van der Waals surface area contributed by atoms with E-state index in [-0.39, 0.29) is 35.9 Å². The van der Waals surface area contributed by atoms with Crippen LogP contribution >= 0.6 is 0 Å². The first-order valence-electron chi connectivity index (χ1n) is 13.9. The van der Waals surface area contributed by atoms with Gasteiger partial charge in [0.05, 0.1) is 6.61 Å². The maximum Gasteiger partial charge on any atom is 0.377 e. The summed E-state index contributed by atoms with van der Waals surface area (Å²) in [5.74, 6) is -0.852. The number of hydrogen-bond acceptors (Lipinski definition) is 5. The number of hydrogen-bond donors (Lipinski definition) is 0. The van der Waals surface area contributed by atoms with Crippen LogP contribution in [0, 0.1) is 52.8 Å². The van der Waals surface area contributed by atoms with Gasteiger partial charge in [-0.25, -0.2) is 4.79 Å². The maximum absolute atomic E-state index is 13.5. The molecule has 0 aromatic heterocycles. The predicted molar refractivity (Wildman–Crippen MR) is 123 cm³/mol. The molecular formula is C28H40F2O5. The Kier molecular flexibility index (Phi) is 5.78. The zero-order valence-electron chi connectivity index (χ0n) is 21.1. The van der Waals surface area contributed by atoms with E-state index in [0.717, 1.165) is 30.6 Å². The maximum atomic E-state index is 13.5. The molecule has 0 saturated heterocycles. The van der Waals surface area contributed by atoms with Crippen molar-refractivity contribution in [2.45, 2.75) is 96.0 Å². The van der Waals surface area contributed by atoms with E-state index in [1.54, 1.807) is 0 Å². The van der Waals surface area contributed by atoms with E-state index in [1.807, 2.05) is 0 Å². The van der Waals surface area contributed by atoms with Crippen LogP contribution in [0.2, 0.25) is 0 Å². The average molecular weight is 495 g/mol. The standard InChI is InChI=1S/C28H40F2O5/c1-16-20-4-17-3-18(5-20)10-27(16,9-17)14-33-15-34-24(31)8-23-21-6-19-7-22(23)13-28(11-19,12-21)35-25(32)26(2,29)30/h16-23H,3-15H2,1-2H3. The van der Waals surface area contributed by atoms with Gasteiger partial charge >= 0.3 is 17.9 Å². The second-order valence-electron chi connectivity index (χ2n) is 13.5. The summed E-state index contributed by atoms with van der Waals surface area (Å²) in [7, 11) is 0. The van der Waals surface area contributed by atoms with Gasteiger partial charge < -0.3 is 14.2 Å². The highest BCUT2D eigenvalue weighted by Crippen LogP contribution is 2.63. The Hall–Kier alpha value is -1.24. The molecule has 8 rings (SSSR count). The topological polar surface area (TPSA) is 61.8 Å². The average Bonchev–Trinajstić information content (AvgIpc) is 2.76. The van der Waals surface area contributed by atoms with Gasteiger partial charge in [0, 0.05) is 13.3 Å². The van der Waals surface area contributed by atoms with Crippen LogP contribution in [-0.2, 0) is 23.8 Å². The Morgan fingerprint density at radius 2 is 1.49 bits per heavy atom. The van der Waals surface area contributed by atoms with Crippen LogP contribution in [-0.4, -0.2) is 36.9 Å². The Morgan fingerprint density at radius 3 is 2.11 bits per heavy atom. The summed E-state index contributed by atoms with van der Waals surface area (Å²) >= 11 is 0. The molecule has 196 valence electrons. The molecule has 0 aliphatic heterocycles. The van der Waals surface area contributed by atoms with Crippen molar-refractivity contribution < 1.29 is 32.6 Å². The third-order valence-corrected chi connectivity index (χ3v) is 11.2. The molecule has 5 atom stereocenters. The van der Waals surface area contributed by atoms with Crippen molar-refractivity contribution in [1.82, 2.24) is 0 Å². The van der Waals surface area contributed by atoms with Crippen LogP contribution in [0.3, 0.4) is 0 Å². The molecule has 5 unspecified atom stereocenters. The zero-order valence-corrected chi connectivity index (χ0v) is 21.1. The van der Waals surface area contributed by atoms with E-state index in [9.17, 15) is 18.4 Å². The molecule has 0 spiro atoms. The van der Waals surface area contributed by atoms with Crippen molar-refractivity contribution in [3.63, 3.8) is 0 Å². The van der Waals surface area contributed by atoms with Gasteiger partial charge in [-0.2, -0.15) is 8.78 Å². The zero-order chi connectivity index (χ0) is 24.6. The van der Waals surface area contributed by atoms with E-state index in [2.05, 4.69) is 6.92 Å². The monoisotopic (exact) mass is 494 g/mol. The molecule has 8 fully saturated rings. The molecule has 0 aromatic carbocycles. The lowest BCUT2D eigenvalue weighted by Crippen LogP contribution is -2.57. The van der Waals surface area contributed by atoms with Crippen molar-refractivity contribution in [2.24, 2.45) is 52.8 Å². The van der Waals surface area contributed by atoms with E-state index in [0.29, 0.717) is 51.0 Å². The third-order valence-electron chi connectivity index (χ3n) is 11.2. The van der Waals surface area contributed by atoms with Crippen molar-refractivity contribution in [3.8, 4) is 0 Å². The molecule has 0 amide bonds. The normalized spacial score (nSPS) is 47.2. The van der Waals surface area contributed by atoms with Crippen LogP contribution < -0.4 is 0 Å². The molecule has 8 aliphatic carbocycles. The molecule has 7 heteroatoms. The van der Waals surface area contributed by atoms with Crippen molar-refractivity contribution in [2.75, 3.05) is 13.4 Å². The summed E-state index contributed by atoms with van der Waals surface area (Å²) in [6.07, 6.45) is 10.8. The fraction of sp³-hybridized carbons (Fsp3) is 0.929. The summed E-state index contributed by atoms with van der Waals surface area (Å²) in [5, 5.41) is 0. The van der Waals surface area contributed by atoms with Crippen LogP contribution in [0.4, 0.5) is 8.78 Å². The molecule has 8 aliphatic rings. The summed E-state index contributed by atoms with van der Waals surface area (Å²) in [6, 6.07) is 0. The number of rotatable bonds is 8. The predicted octanol–water partition coefficient (Wildman–Crippen LogP) is 5.75. The molecule has 35 heavy (non-hydrogen) atoms. The highest BCUT2D eigenvalue weighted by atomic mass is 19.3. The highest BCUT2D eigenvalue weighted by Gasteiger charge is 2.59. The SMILES string of the molecule is CC1C2CC3CC(C2)CC1(COCOC(=O)CC1C2CC4CC1CC(OC(=O)C(C)(F)F)(C4)C2)C3. The summed E-state index contributed by atoms with van der Waals surface area (Å²) < 4.78 is 43.9. The largest absolute Gasteiger partial charge is 0.455 e. The second kappa shape index (κ2) is 8.39. The first kappa shape index (κ1) is 24.1. The van der Waals surface area contributed by atoms with E-state index >= 15 is 0 Å². The smallest absolute Gasteiger partial charge is 0.377 e. The Labute approximate surface area is 207 Å². The van der Waals surface area contributed by atoms with Gasteiger partial charge in [-0.05, 0) is 117 Å². The number of alkyl halides is 2. The fourth-order valence-electron chi connectivity index (χ4n) is 10.1. The Morgan fingerprint density at radius 1 is 0.886 bits per heavy atom. The Bertz CT molecular complexity index is 838. The number of esters is 2.